The fraction of sp³-hybridized carbons (Fsp3) is 0.765. The van der Waals surface area contributed by atoms with E-state index in [0.29, 0.717) is 37.6 Å². The maximum absolute atomic E-state index is 12.3. The summed E-state index contributed by atoms with van der Waals surface area (Å²) < 4.78 is 19.7. The highest BCUT2D eigenvalue weighted by Gasteiger charge is 2.63. The van der Waals surface area contributed by atoms with E-state index in [-0.39, 0.29) is 42.0 Å². The van der Waals surface area contributed by atoms with Gasteiger partial charge in [0, 0.05) is 31.5 Å². The first-order valence-corrected chi connectivity index (χ1v) is 9.88. The van der Waals surface area contributed by atoms with E-state index >= 15 is 0 Å². The lowest BCUT2D eigenvalue weighted by molar-refractivity contribution is -0.136. The Balaban J connectivity index is 1.40. The molecule has 3 aliphatic heterocycles. The molecule has 3 fully saturated rings. The van der Waals surface area contributed by atoms with Crippen LogP contribution in [-0.4, -0.2) is 70.0 Å². The summed E-state index contributed by atoms with van der Waals surface area (Å²) in [4.78, 5) is 26.5. The summed E-state index contributed by atoms with van der Waals surface area (Å²) in [5.41, 5.74) is 0.815. The first-order valence-electron chi connectivity index (χ1n) is 9.15. The summed E-state index contributed by atoms with van der Waals surface area (Å²) in [6, 6.07) is 0. The lowest BCUT2D eigenvalue weighted by atomic mass is 9.73. The van der Waals surface area contributed by atoms with Crippen molar-refractivity contribution < 1.29 is 19.1 Å². The zero-order valence-electron chi connectivity index (χ0n) is 15.1. The van der Waals surface area contributed by atoms with Crippen LogP contribution in [0.15, 0.2) is 0 Å². The van der Waals surface area contributed by atoms with Crippen LogP contribution < -0.4 is 5.32 Å². The van der Waals surface area contributed by atoms with Gasteiger partial charge >= 0.3 is 0 Å². The van der Waals surface area contributed by atoms with E-state index in [2.05, 4.69) is 14.1 Å². The highest BCUT2D eigenvalue weighted by Crippen LogP contribution is 2.54. The SMILES string of the molecule is CCOCC(=O)N1C[C@@H]2[C@H](CNC(=O)c3nsnc3C)[C@H]3CC[C@]2(C1)O3. The number of likely N-dealkylation sites (tertiary alicyclic amines) is 1. The highest BCUT2D eigenvalue weighted by molar-refractivity contribution is 6.99. The Kier molecular flexibility index (Phi) is 4.70. The Morgan fingerprint density at radius 1 is 1.46 bits per heavy atom. The first-order chi connectivity index (χ1) is 12.5. The molecule has 3 aliphatic rings. The topological polar surface area (TPSA) is 93.7 Å². The lowest BCUT2D eigenvalue weighted by Gasteiger charge is -2.29. The van der Waals surface area contributed by atoms with Crippen molar-refractivity contribution in [1.82, 2.24) is 19.0 Å². The molecule has 4 atom stereocenters. The van der Waals surface area contributed by atoms with Gasteiger partial charge in [-0.2, -0.15) is 8.75 Å². The molecule has 8 nitrogen and oxygen atoms in total. The minimum atomic E-state index is -0.236. The van der Waals surface area contributed by atoms with Crippen molar-refractivity contribution >= 4 is 23.5 Å². The fourth-order valence-electron chi connectivity index (χ4n) is 4.67. The molecule has 0 unspecified atom stereocenters. The predicted octanol–water partition coefficient (Wildman–Crippen LogP) is 0.619. The third kappa shape index (κ3) is 2.91. The molecule has 1 aromatic rings. The Morgan fingerprint density at radius 3 is 3.04 bits per heavy atom. The molecular formula is C17H24N4O4S. The average Bonchev–Trinajstić information content (AvgIpc) is 3.37. The highest BCUT2D eigenvalue weighted by atomic mass is 32.1. The molecule has 2 amide bonds. The number of aryl methyl sites for hydroxylation is 1. The molecule has 1 aromatic heterocycles. The summed E-state index contributed by atoms with van der Waals surface area (Å²) >= 11 is 1.05. The molecular weight excluding hydrogens is 356 g/mol. The van der Waals surface area contributed by atoms with Gasteiger partial charge in [-0.3, -0.25) is 9.59 Å². The molecule has 4 heterocycles. The number of fused-ring (bicyclic) bond motifs is 1. The monoisotopic (exact) mass is 380 g/mol. The van der Waals surface area contributed by atoms with E-state index in [1.165, 1.54) is 0 Å². The van der Waals surface area contributed by atoms with E-state index in [1.54, 1.807) is 6.92 Å². The van der Waals surface area contributed by atoms with Crippen LogP contribution in [0.4, 0.5) is 0 Å². The van der Waals surface area contributed by atoms with Crippen molar-refractivity contribution in [2.24, 2.45) is 11.8 Å². The van der Waals surface area contributed by atoms with Crippen LogP contribution >= 0.6 is 11.7 Å². The zero-order valence-corrected chi connectivity index (χ0v) is 15.9. The number of carbonyl (C=O) groups is 2. The number of nitrogens with zero attached hydrogens (tertiary/aromatic N) is 3. The van der Waals surface area contributed by atoms with E-state index < -0.39 is 0 Å². The van der Waals surface area contributed by atoms with E-state index in [4.69, 9.17) is 9.47 Å². The normalized spacial score (nSPS) is 32.1. The fourth-order valence-corrected chi connectivity index (χ4v) is 5.21. The van der Waals surface area contributed by atoms with Gasteiger partial charge in [0.2, 0.25) is 5.91 Å². The van der Waals surface area contributed by atoms with Crippen molar-refractivity contribution in [1.29, 1.82) is 0 Å². The van der Waals surface area contributed by atoms with Gasteiger partial charge in [-0.25, -0.2) is 0 Å². The standard InChI is InChI=1S/C17H24N4O4S/c1-3-24-8-14(22)21-7-12-11(13-4-5-17(12,9-21)25-13)6-18-16(23)15-10(2)19-26-20-15/h11-13H,3-9H2,1-2H3,(H,18,23)/t11-,12+,13+,17+/m0/s1. The van der Waals surface area contributed by atoms with E-state index in [9.17, 15) is 9.59 Å². The van der Waals surface area contributed by atoms with Crippen molar-refractivity contribution in [2.75, 3.05) is 32.8 Å². The minimum Gasteiger partial charge on any atom is -0.372 e. The third-order valence-corrected chi connectivity index (χ3v) is 6.55. The number of rotatable bonds is 6. The molecule has 0 saturated carbocycles. The number of carbonyl (C=O) groups excluding carboxylic acids is 2. The molecule has 0 radical (unpaired) electrons. The summed E-state index contributed by atoms with van der Waals surface area (Å²) in [6.45, 7) is 6.19. The van der Waals surface area contributed by atoms with Crippen molar-refractivity contribution in [2.45, 2.75) is 38.4 Å². The van der Waals surface area contributed by atoms with Crippen molar-refractivity contribution in [3.05, 3.63) is 11.4 Å². The minimum absolute atomic E-state index is 0.0228. The van der Waals surface area contributed by atoms with Gasteiger partial charge in [0.1, 0.15) is 6.61 Å². The van der Waals surface area contributed by atoms with Crippen LogP contribution in [0.5, 0.6) is 0 Å². The smallest absolute Gasteiger partial charge is 0.272 e. The first kappa shape index (κ1) is 17.8. The van der Waals surface area contributed by atoms with Gasteiger partial charge in [0.25, 0.3) is 5.91 Å². The summed E-state index contributed by atoms with van der Waals surface area (Å²) in [7, 11) is 0. The van der Waals surface area contributed by atoms with Crippen molar-refractivity contribution in [3.63, 3.8) is 0 Å². The molecule has 9 heteroatoms. The molecule has 26 heavy (non-hydrogen) atoms. The quantitative estimate of drug-likeness (QED) is 0.778. The second-order valence-corrected chi connectivity index (χ2v) is 7.88. The number of ether oxygens (including phenoxy) is 2. The maximum Gasteiger partial charge on any atom is 0.272 e. The van der Waals surface area contributed by atoms with Gasteiger partial charge in [-0.05, 0) is 26.7 Å². The Hall–Kier alpha value is -1.58. The number of hydrogen-bond acceptors (Lipinski definition) is 7. The molecule has 0 aromatic carbocycles. The molecule has 1 N–H and O–H groups in total. The largest absolute Gasteiger partial charge is 0.372 e. The van der Waals surface area contributed by atoms with Crippen LogP contribution in [-0.2, 0) is 14.3 Å². The van der Waals surface area contributed by atoms with Crippen LogP contribution in [0.25, 0.3) is 0 Å². The molecule has 0 aliphatic carbocycles. The van der Waals surface area contributed by atoms with E-state index in [0.717, 1.165) is 24.6 Å². The number of hydrogen-bond donors (Lipinski definition) is 1. The Morgan fingerprint density at radius 2 is 2.31 bits per heavy atom. The number of aromatic nitrogens is 2. The van der Waals surface area contributed by atoms with Crippen LogP contribution in [0.2, 0.25) is 0 Å². The third-order valence-electron chi connectivity index (χ3n) is 5.93. The summed E-state index contributed by atoms with van der Waals surface area (Å²) in [5, 5.41) is 3.00. The Labute approximate surface area is 156 Å². The van der Waals surface area contributed by atoms with E-state index in [1.807, 2.05) is 11.8 Å². The maximum atomic E-state index is 12.3. The molecule has 3 saturated heterocycles. The van der Waals surface area contributed by atoms with Crippen LogP contribution in [0.1, 0.15) is 35.9 Å². The molecule has 1 spiro atoms. The Bertz CT molecular complexity index is 711. The molecule has 4 rings (SSSR count). The predicted molar refractivity (Wildman–Crippen MR) is 93.9 cm³/mol. The number of nitrogens with one attached hydrogen (secondary N) is 1. The summed E-state index contributed by atoms with van der Waals surface area (Å²) in [5.74, 6) is 0.330. The van der Waals surface area contributed by atoms with Crippen molar-refractivity contribution in [3.8, 4) is 0 Å². The van der Waals surface area contributed by atoms with Gasteiger partial charge < -0.3 is 19.7 Å². The van der Waals surface area contributed by atoms with Crippen LogP contribution in [0, 0.1) is 18.8 Å². The molecule has 142 valence electrons. The summed E-state index contributed by atoms with van der Waals surface area (Å²) in [6.07, 6.45) is 2.14. The second kappa shape index (κ2) is 6.86. The zero-order chi connectivity index (χ0) is 18.3. The van der Waals surface area contributed by atoms with Crippen LogP contribution in [0.3, 0.4) is 0 Å². The van der Waals surface area contributed by atoms with Gasteiger partial charge in [-0.15, -0.1) is 0 Å². The second-order valence-electron chi connectivity index (χ2n) is 7.35. The number of amides is 2. The van der Waals surface area contributed by atoms with Gasteiger partial charge in [0.05, 0.1) is 35.7 Å². The van der Waals surface area contributed by atoms with Gasteiger partial charge in [0.15, 0.2) is 5.69 Å². The molecule has 2 bridgehead atoms. The lowest BCUT2D eigenvalue weighted by Crippen LogP contribution is -2.42. The average molecular weight is 380 g/mol. The van der Waals surface area contributed by atoms with Gasteiger partial charge in [-0.1, -0.05) is 0 Å².